The molecule has 0 spiro atoms. The number of nitrogens with zero attached hydrogens (tertiary/aromatic N) is 2. The monoisotopic (exact) mass is 1020 g/mol. The Balaban J connectivity index is 1.34. The molecular formula is C48H65N11O12S. The second kappa shape index (κ2) is 26.4. The second-order valence-electron chi connectivity index (χ2n) is 18.2. The van der Waals surface area contributed by atoms with Crippen LogP contribution in [0.5, 0.6) is 0 Å². The first-order chi connectivity index (χ1) is 34.3. The van der Waals surface area contributed by atoms with Crippen molar-refractivity contribution in [3.63, 3.8) is 0 Å². The van der Waals surface area contributed by atoms with Crippen LogP contribution in [0, 0.1) is 5.92 Å². The van der Waals surface area contributed by atoms with Crippen LogP contribution in [0.2, 0.25) is 0 Å². The van der Waals surface area contributed by atoms with Crippen molar-refractivity contribution in [2.75, 3.05) is 32.0 Å². The van der Waals surface area contributed by atoms with E-state index in [4.69, 9.17) is 11.5 Å². The molecule has 3 heterocycles. The fourth-order valence-electron chi connectivity index (χ4n) is 8.72. The molecule has 0 unspecified atom stereocenters. The van der Waals surface area contributed by atoms with Crippen LogP contribution in [-0.4, -0.2) is 164 Å². The largest absolute Gasteiger partial charge is 0.480 e. The van der Waals surface area contributed by atoms with Crippen LogP contribution in [0.15, 0.2) is 60.8 Å². The van der Waals surface area contributed by atoms with Crippen molar-refractivity contribution in [1.29, 1.82) is 0 Å². The van der Waals surface area contributed by atoms with Gasteiger partial charge in [-0.3, -0.25) is 43.2 Å². The summed E-state index contributed by atoms with van der Waals surface area (Å²) in [5.41, 5.74) is 12.9. The number of aliphatic hydroxyl groups excluding tert-OH is 1. The van der Waals surface area contributed by atoms with E-state index in [1.165, 1.54) is 9.80 Å². The third kappa shape index (κ3) is 15.0. The van der Waals surface area contributed by atoms with Gasteiger partial charge in [0.25, 0.3) is 0 Å². The Morgan fingerprint density at radius 2 is 1.39 bits per heavy atom. The third-order valence-corrected chi connectivity index (χ3v) is 13.0. The number of nitrogens with one attached hydrogen (secondary N) is 7. The summed E-state index contributed by atoms with van der Waals surface area (Å²) in [4.78, 5) is 139. The maximum absolute atomic E-state index is 14.6. The SMILES string of the molecule is CC(C)[C@H](NC(=O)[C@H](Cc1c[nH]c2ccccc12)NC(=O)[C@@H]1CCCN1C(=O)[C@@H]1CCCN1C(=O)[C@H](Cc1ccccc1)NC(=O)[C@H](CO)NC(=O)CNC(=O)[C@@H](N)CS)C(=O)N[C@@H](CCC(N)=O)C(=O)O. The summed E-state index contributed by atoms with van der Waals surface area (Å²) < 4.78 is 0. The maximum atomic E-state index is 14.6. The number of aromatic nitrogens is 1. The quantitative estimate of drug-likeness (QED) is 0.0399. The molecule has 2 fully saturated rings. The molecule has 2 aromatic carbocycles. The zero-order valence-corrected chi connectivity index (χ0v) is 41.0. The minimum Gasteiger partial charge on any atom is -0.480 e. The van der Waals surface area contributed by atoms with Gasteiger partial charge < -0.3 is 68.4 Å². The van der Waals surface area contributed by atoms with Crippen molar-refractivity contribution in [1.82, 2.24) is 46.7 Å². The van der Waals surface area contributed by atoms with Crippen molar-refractivity contribution in [3.05, 3.63) is 71.9 Å². The number of likely N-dealkylation sites (tertiary alicyclic amines) is 2. The van der Waals surface area contributed by atoms with Crippen LogP contribution in [0.1, 0.15) is 63.5 Å². The van der Waals surface area contributed by atoms with Crippen LogP contribution in [0.4, 0.5) is 0 Å². The van der Waals surface area contributed by atoms with Gasteiger partial charge in [-0.25, -0.2) is 4.79 Å². The number of primary amides is 1. The van der Waals surface area contributed by atoms with E-state index < -0.39 is 127 Å². The van der Waals surface area contributed by atoms with E-state index >= 15 is 0 Å². The number of nitrogens with two attached hydrogens (primary N) is 2. The highest BCUT2D eigenvalue weighted by molar-refractivity contribution is 7.80. The zero-order valence-electron chi connectivity index (χ0n) is 40.1. The Morgan fingerprint density at radius 3 is 2.04 bits per heavy atom. The number of carboxylic acid groups (broad SMARTS) is 1. The molecule has 23 nitrogen and oxygen atoms in total. The average molecular weight is 1020 g/mol. The average Bonchev–Trinajstić information content (AvgIpc) is 4.15. The molecule has 3 aromatic rings. The van der Waals surface area contributed by atoms with Crippen molar-refractivity contribution >= 4 is 82.7 Å². The van der Waals surface area contributed by atoms with Gasteiger partial charge in [0, 0.05) is 55.2 Å². The number of amides is 9. The molecule has 0 aliphatic carbocycles. The van der Waals surface area contributed by atoms with Crippen LogP contribution in [0.25, 0.3) is 10.9 Å². The number of aliphatic carboxylic acids is 1. The summed E-state index contributed by atoms with van der Waals surface area (Å²) >= 11 is 3.95. The van der Waals surface area contributed by atoms with Gasteiger partial charge >= 0.3 is 5.97 Å². The molecule has 5 rings (SSSR count). The van der Waals surface area contributed by atoms with Crippen LogP contribution in [-0.2, 0) is 60.8 Å². The summed E-state index contributed by atoms with van der Waals surface area (Å²) in [6, 6.07) is 6.03. The molecule has 72 heavy (non-hydrogen) atoms. The second-order valence-corrected chi connectivity index (χ2v) is 18.6. The highest BCUT2D eigenvalue weighted by Crippen LogP contribution is 2.27. The van der Waals surface area contributed by atoms with Gasteiger partial charge in [0.05, 0.1) is 19.2 Å². The molecule has 0 radical (unpaired) electrons. The first kappa shape index (κ1) is 55.9. The first-order valence-corrected chi connectivity index (χ1v) is 24.4. The number of benzene rings is 2. The molecular weight excluding hydrogens is 955 g/mol. The normalized spacial score (nSPS) is 18.0. The van der Waals surface area contributed by atoms with E-state index in [0.29, 0.717) is 24.0 Å². The zero-order chi connectivity index (χ0) is 52.6. The molecule has 390 valence electrons. The van der Waals surface area contributed by atoms with Gasteiger partial charge in [-0.2, -0.15) is 12.6 Å². The molecule has 2 aliphatic heterocycles. The number of aliphatic hydroxyl groups is 1. The summed E-state index contributed by atoms with van der Waals surface area (Å²) in [5, 5.41) is 35.8. The highest BCUT2D eigenvalue weighted by Gasteiger charge is 2.45. The molecule has 8 atom stereocenters. The number of aromatic amines is 1. The molecule has 0 saturated carbocycles. The summed E-state index contributed by atoms with van der Waals surface area (Å²) in [6.07, 6.45) is 2.26. The van der Waals surface area contributed by atoms with Crippen LogP contribution >= 0.6 is 12.6 Å². The van der Waals surface area contributed by atoms with Crippen LogP contribution in [0.3, 0.4) is 0 Å². The fraction of sp³-hybridized carbons (Fsp3) is 0.500. The molecule has 0 bridgehead atoms. The standard InChI is InChI=1S/C48H65N11O12S/c1-26(2)40(45(67)54-32(48(70)71)16-17-38(50)61)57-42(64)33(21-28-22-51-31-13-7-6-12-29(28)31)55-44(66)36-14-8-18-58(36)47(69)37-15-9-19-59(37)46(68)34(20-27-10-4-3-5-11-27)56-43(65)35(24-60)53-39(62)23-52-41(63)30(49)25-72/h3-7,10-13,22,26,30,32-37,40,51,60,72H,8-9,14-21,23-25,49H2,1-2H3,(H2,50,61)(H,52,63)(H,53,62)(H,54,67)(H,55,66)(H,56,65)(H,57,64)(H,70,71)/t30-,32-,33-,34-,35-,36-,37-,40-/m0/s1. The number of hydrogen-bond acceptors (Lipinski definition) is 13. The molecule has 1 aromatic heterocycles. The van der Waals surface area contributed by atoms with E-state index in [0.717, 1.165) is 10.9 Å². The third-order valence-electron chi connectivity index (χ3n) is 12.6. The predicted molar refractivity (Wildman–Crippen MR) is 264 cm³/mol. The molecule has 24 heteroatoms. The summed E-state index contributed by atoms with van der Waals surface area (Å²) in [5.74, 6) is -8.54. The lowest BCUT2D eigenvalue weighted by Crippen LogP contribution is -2.60. The van der Waals surface area contributed by atoms with E-state index in [-0.39, 0.29) is 57.4 Å². The van der Waals surface area contributed by atoms with Crippen molar-refractivity contribution in [2.24, 2.45) is 17.4 Å². The molecule has 2 aliphatic rings. The minimum absolute atomic E-state index is 0.0191. The number of para-hydroxylation sites is 1. The van der Waals surface area contributed by atoms with E-state index in [1.807, 2.05) is 18.2 Å². The number of fused-ring (bicyclic) bond motifs is 1. The topological polar surface area (TPSA) is 358 Å². The number of thiol groups is 1. The number of carbonyl (C=O) groups excluding carboxylic acids is 9. The summed E-state index contributed by atoms with van der Waals surface area (Å²) in [7, 11) is 0. The lowest BCUT2D eigenvalue weighted by atomic mass is 9.99. The smallest absolute Gasteiger partial charge is 0.326 e. The molecule has 9 amide bonds. The maximum Gasteiger partial charge on any atom is 0.326 e. The van der Waals surface area contributed by atoms with Gasteiger partial charge in [-0.05, 0) is 55.2 Å². The Morgan fingerprint density at radius 1 is 0.750 bits per heavy atom. The highest BCUT2D eigenvalue weighted by atomic mass is 32.1. The number of carbonyl (C=O) groups is 10. The van der Waals surface area contributed by atoms with E-state index in [2.05, 4.69) is 49.5 Å². The van der Waals surface area contributed by atoms with Crippen molar-refractivity contribution in [2.45, 2.75) is 114 Å². The molecule has 13 N–H and O–H groups in total. The Kier molecular flexibility index (Phi) is 20.5. The van der Waals surface area contributed by atoms with E-state index in [9.17, 15) is 58.2 Å². The number of carboxylic acids is 1. The van der Waals surface area contributed by atoms with Crippen molar-refractivity contribution < 1.29 is 58.2 Å². The van der Waals surface area contributed by atoms with Gasteiger partial charge in [-0.1, -0.05) is 62.4 Å². The Bertz CT molecular complexity index is 2460. The van der Waals surface area contributed by atoms with E-state index in [1.54, 1.807) is 56.4 Å². The minimum atomic E-state index is -1.53. The van der Waals surface area contributed by atoms with Crippen molar-refractivity contribution in [3.8, 4) is 0 Å². The number of hydrogen-bond donors (Lipinski definition) is 12. The van der Waals surface area contributed by atoms with Crippen LogP contribution < -0.4 is 43.4 Å². The lowest BCUT2D eigenvalue weighted by molar-refractivity contribution is -0.148. The first-order valence-electron chi connectivity index (χ1n) is 23.8. The Labute approximate surface area is 421 Å². The number of rotatable bonds is 25. The predicted octanol–water partition coefficient (Wildman–Crippen LogP) is -2.27. The summed E-state index contributed by atoms with van der Waals surface area (Å²) in [6.45, 7) is 2.13. The number of H-pyrrole nitrogens is 1. The fourth-order valence-corrected chi connectivity index (χ4v) is 8.88. The van der Waals surface area contributed by atoms with Gasteiger partial charge in [-0.15, -0.1) is 0 Å². The van der Waals surface area contributed by atoms with Gasteiger partial charge in [0.15, 0.2) is 0 Å². The molecule has 2 saturated heterocycles. The van der Waals surface area contributed by atoms with Gasteiger partial charge in [0.1, 0.15) is 42.3 Å². The van der Waals surface area contributed by atoms with Gasteiger partial charge in [0.2, 0.25) is 53.2 Å². The Hall–Kier alpha value is -7.05. The lowest BCUT2D eigenvalue weighted by Gasteiger charge is -2.33.